The Morgan fingerprint density at radius 1 is 1.26 bits per heavy atom. The van der Waals surface area contributed by atoms with Gasteiger partial charge >= 0.3 is 0 Å². The van der Waals surface area contributed by atoms with Gasteiger partial charge in [0.25, 0.3) is 5.91 Å². The molecule has 2 N–H and O–H groups in total. The van der Waals surface area contributed by atoms with Gasteiger partial charge < -0.3 is 10.6 Å². The van der Waals surface area contributed by atoms with Gasteiger partial charge in [-0.15, -0.1) is 0 Å². The first-order valence-electron chi connectivity index (χ1n) is 5.99. The largest absolute Gasteiger partial charge is 0.370 e. The molecule has 98 valence electrons. The highest BCUT2D eigenvalue weighted by atomic mass is 16.1. The Balaban J connectivity index is 2.19. The summed E-state index contributed by atoms with van der Waals surface area (Å²) >= 11 is 0. The molecule has 0 radical (unpaired) electrons. The minimum atomic E-state index is -0.231. The zero-order chi connectivity index (χ0) is 13.7. The Morgan fingerprint density at radius 2 is 2.11 bits per heavy atom. The van der Waals surface area contributed by atoms with E-state index in [0.717, 1.165) is 12.2 Å². The smallest absolute Gasteiger partial charge is 0.257 e. The number of carbonyl (C=O) groups is 1. The van der Waals surface area contributed by atoms with Crippen molar-refractivity contribution in [2.45, 2.75) is 13.8 Å². The molecule has 0 aliphatic rings. The van der Waals surface area contributed by atoms with Gasteiger partial charge in [-0.1, -0.05) is 0 Å². The number of aromatic nitrogens is 3. The number of pyridine rings is 1. The third-order valence-electron chi connectivity index (χ3n) is 2.38. The second-order valence-electron chi connectivity index (χ2n) is 3.96. The molecule has 6 nitrogen and oxygen atoms in total. The summed E-state index contributed by atoms with van der Waals surface area (Å²) < 4.78 is 0. The summed E-state index contributed by atoms with van der Waals surface area (Å²) in [5.74, 6) is 0.879. The third-order valence-corrected chi connectivity index (χ3v) is 2.38. The number of carbonyl (C=O) groups excluding carboxylic acids is 1. The molecule has 2 rings (SSSR count). The molecular formula is C13H15N5O. The van der Waals surface area contributed by atoms with Crippen LogP contribution < -0.4 is 10.6 Å². The van der Waals surface area contributed by atoms with Gasteiger partial charge in [0.2, 0.25) is 0 Å². The van der Waals surface area contributed by atoms with Gasteiger partial charge in [0.1, 0.15) is 5.82 Å². The van der Waals surface area contributed by atoms with E-state index in [1.807, 2.05) is 13.8 Å². The van der Waals surface area contributed by atoms with Crippen LogP contribution >= 0.6 is 0 Å². The van der Waals surface area contributed by atoms with Crippen LogP contribution in [0.5, 0.6) is 0 Å². The second-order valence-corrected chi connectivity index (χ2v) is 3.96. The molecule has 1 amide bonds. The van der Waals surface area contributed by atoms with Crippen LogP contribution in [0, 0.1) is 6.92 Å². The van der Waals surface area contributed by atoms with Gasteiger partial charge in [-0.25, -0.2) is 9.97 Å². The highest BCUT2D eigenvalue weighted by Gasteiger charge is 2.09. The van der Waals surface area contributed by atoms with Crippen LogP contribution in [0.3, 0.4) is 0 Å². The quantitative estimate of drug-likeness (QED) is 0.874. The standard InChI is InChI=1S/C13H15N5O/c1-3-15-11-7-10(6-9(2)17-11)13(19)18-12-8-14-4-5-16-12/h4-8H,3H2,1-2H3,(H,15,17)(H,16,18,19). The summed E-state index contributed by atoms with van der Waals surface area (Å²) in [4.78, 5) is 24.3. The lowest BCUT2D eigenvalue weighted by Crippen LogP contribution is -2.14. The van der Waals surface area contributed by atoms with Crippen molar-refractivity contribution >= 4 is 17.5 Å². The maximum Gasteiger partial charge on any atom is 0.257 e. The van der Waals surface area contributed by atoms with Crippen molar-refractivity contribution in [3.05, 3.63) is 42.0 Å². The van der Waals surface area contributed by atoms with Crippen LogP contribution in [-0.2, 0) is 0 Å². The number of nitrogens with zero attached hydrogens (tertiary/aromatic N) is 3. The molecule has 0 unspecified atom stereocenters. The first-order valence-corrected chi connectivity index (χ1v) is 5.99. The molecule has 0 aromatic carbocycles. The molecule has 19 heavy (non-hydrogen) atoms. The molecule has 0 saturated heterocycles. The molecule has 0 aliphatic carbocycles. The molecule has 2 aromatic rings. The zero-order valence-corrected chi connectivity index (χ0v) is 10.8. The average molecular weight is 257 g/mol. The molecule has 2 aromatic heterocycles. The van der Waals surface area contributed by atoms with Crippen molar-refractivity contribution in [1.29, 1.82) is 0 Å². The Labute approximate surface area is 111 Å². The number of nitrogens with one attached hydrogen (secondary N) is 2. The zero-order valence-electron chi connectivity index (χ0n) is 10.8. The van der Waals surface area contributed by atoms with E-state index in [-0.39, 0.29) is 5.91 Å². The molecule has 6 heteroatoms. The van der Waals surface area contributed by atoms with E-state index >= 15 is 0 Å². The summed E-state index contributed by atoms with van der Waals surface area (Å²) in [6, 6.07) is 3.44. The fraction of sp³-hybridized carbons (Fsp3) is 0.231. The average Bonchev–Trinajstić information content (AvgIpc) is 2.39. The van der Waals surface area contributed by atoms with Gasteiger partial charge in [-0.05, 0) is 26.0 Å². The Bertz CT molecular complexity index is 571. The Morgan fingerprint density at radius 3 is 2.79 bits per heavy atom. The number of aryl methyl sites for hydroxylation is 1. The molecule has 0 saturated carbocycles. The topological polar surface area (TPSA) is 79.8 Å². The van der Waals surface area contributed by atoms with E-state index in [1.165, 1.54) is 12.4 Å². The summed E-state index contributed by atoms with van der Waals surface area (Å²) in [6.45, 7) is 4.57. The van der Waals surface area contributed by atoms with E-state index in [1.54, 1.807) is 18.3 Å². The fourth-order valence-corrected chi connectivity index (χ4v) is 1.62. The number of amides is 1. The normalized spacial score (nSPS) is 10.0. The summed E-state index contributed by atoms with van der Waals surface area (Å²) in [5, 5.41) is 5.78. The Hall–Kier alpha value is -2.50. The van der Waals surface area contributed by atoms with Gasteiger partial charge in [0, 0.05) is 30.2 Å². The first-order chi connectivity index (χ1) is 9.19. The van der Waals surface area contributed by atoms with Gasteiger partial charge in [0.15, 0.2) is 5.82 Å². The fourth-order valence-electron chi connectivity index (χ4n) is 1.62. The Kier molecular flexibility index (Phi) is 4.02. The first kappa shape index (κ1) is 12.9. The van der Waals surface area contributed by atoms with Crippen LogP contribution in [0.2, 0.25) is 0 Å². The van der Waals surface area contributed by atoms with E-state index in [4.69, 9.17) is 0 Å². The molecule has 2 heterocycles. The van der Waals surface area contributed by atoms with Gasteiger partial charge in [-0.2, -0.15) is 0 Å². The van der Waals surface area contributed by atoms with Gasteiger partial charge in [-0.3, -0.25) is 9.78 Å². The van der Waals surface area contributed by atoms with Crippen molar-refractivity contribution < 1.29 is 4.79 Å². The third kappa shape index (κ3) is 3.48. The van der Waals surface area contributed by atoms with Crippen molar-refractivity contribution in [2.75, 3.05) is 17.2 Å². The van der Waals surface area contributed by atoms with E-state index in [9.17, 15) is 4.79 Å². The van der Waals surface area contributed by atoms with Gasteiger partial charge in [0.05, 0.1) is 6.20 Å². The predicted molar refractivity (Wildman–Crippen MR) is 73.1 cm³/mol. The number of anilines is 2. The van der Waals surface area contributed by atoms with E-state index in [2.05, 4.69) is 25.6 Å². The van der Waals surface area contributed by atoms with Crippen LogP contribution in [0.15, 0.2) is 30.7 Å². The van der Waals surface area contributed by atoms with Crippen molar-refractivity contribution in [2.24, 2.45) is 0 Å². The maximum atomic E-state index is 12.1. The molecule has 0 spiro atoms. The van der Waals surface area contributed by atoms with Crippen molar-refractivity contribution in [1.82, 2.24) is 15.0 Å². The lowest BCUT2D eigenvalue weighted by molar-refractivity contribution is 0.102. The summed E-state index contributed by atoms with van der Waals surface area (Å²) in [6.07, 6.45) is 4.57. The van der Waals surface area contributed by atoms with E-state index < -0.39 is 0 Å². The molecule has 0 bridgehead atoms. The predicted octanol–water partition coefficient (Wildman–Crippen LogP) is 1.86. The van der Waals surface area contributed by atoms with Crippen LogP contribution in [0.25, 0.3) is 0 Å². The minimum Gasteiger partial charge on any atom is -0.370 e. The van der Waals surface area contributed by atoms with E-state index in [0.29, 0.717) is 17.2 Å². The maximum absolute atomic E-state index is 12.1. The molecule has 0 fully saturated rings. The lowest BCUT2D eigenvalue weighted by atomic mass is 10.2. The monoisotopic (exact) mass is 257 g/mol. The lowest BCUT2D eigenvalue weighted by Gasteiger charge is -2.08. The minimum absolute atomic E-state index is 0.231. The number of hydrogen-bond acceptors (Lipinski definition) is 5. The van der Waals surface area contributed by atoms with Crippen LogP contribution in [0.4, 0.5) is 11.6 Å². The SMILES string of the molecule is CCNc1cc(C(=O)Nc2cnccn2)cc(C)n1. The second kappa shape index (κ2) is 5.90. The highest BCUT2D eigenvalue weighted by Crippen LogP contribution is 2.11. The van der Waals surface area contributed by atoms with Crippen LogP contribution in [-0.4, -0.2) is 27.4 Å². The molecule has 0 atom stereocenters. The summed E-state index contributed by atoms with van der Waals surface area (Å²) in [5.41, 5.74) is 1.32. The number of hydrogen-bond donors (Lipinski definition) is 2. The molecular weight excluding hydrogens is 242 g/mol. The highest BCUT2D eigenvalue weighted by molar-refractivity contribution is 6.04. The number of rotatable bonds is 4. The molecule has 0 aliphatic heterocycles. The summed E-state index contributed by atoms with van der Waals surface area (Å²) in [7, 11) is 0. The van der Waals surface area contributed by atoms with Crippen molar-refractivity contribution in [3.63, 3.8) is 0 Å². The van der Waals surface area contributed by atoms with Crippen LogP contribution in [0.1, 0.15) is 23.0 Å². The van der Waals surface area contributed by atoms with Crippen molar-refractivity contribution in [3.8, 4) is 0 Å².